The van der Waals surface area contributed by atoms with E-state index in [1.165, 1.54) is 0 Å². The Morgan fingerprint density at radius 3 is 2.18 bits per heavy atom. The minimum atomic E-state index is 0.443. The Labute approximate surface area is 103 Å². The molecular formula is C12H23N5. The lowest BCUT2D eigenvalue weighted by Crippen LogP contribution is -2.21. The number of nitrogens with two attached hydrogens (primary N) is 1. The van der Waals surface area contributed by atoms with Gasteiger partial charge in [0.25, 0.3) is 0 Å². The molecule has 0 aliphatic carbocycles. The zero-order valence-electron chi connectivity index (χ0n) is 11.2. The lowest BCUT2D eigenvalue weighted by molar-refractivity contribution is 0.666. The van der Waals surface area contributed by atoms with Gasteiger partial charge in [-0.1, -0.05) is 20.8 Å². The average molecular weight is 237 g/mol. The predicted octanol–water partition coefficient (Wildman–Crippen LogP) is 2.23. The molecule has 0 fully saturated rings. The van der Waals surface area contributed by atoms with Crippen LogP contribution in [-0.2, 0) is 6.42 Å². The molecule has 1 aromatic rings. The summed E-state index contributed by atoms with van der Waals surface area (Å²) in [5.74, 6) is 7.86. The molecule has 1 aromatic heterocycles. The van der Waals surface area contributed by atoms with Crippen molar-refractivity contribution in [3.8, 4) is 0 Å². The lowest BCUT2D eigenvalue weighted by atomic mass is 10.1. The number of hydrogen-bond acceptors (Lipinski definition) is 5. The van der Waals surface area contributed by atoms with Crippen LogP contribution in [0.2, 0.25) is 0 Å². The molecule has 0 saturated heterocycles. The van der Waals surface area contributed by atoms with E-state index in [-0.39, 0.29) is 0 Å². The molecule has 0 aliphatic rings. The molecule has 0 unspecified atom stereocenters. The third-order valence-corrected chi connectivity index (χ3v) is 2.97. The van der Waals surface area contributed by atoms with E-state index < -0.39 is 0 Å². The number of aromatic nitrogens is 2. The summed E-state index contributed by atoms with van der Waals surface area (Å²) in [4.78, 5) is 8.86. The van der Waals surface area contributed by atoms with Crippen molar-refractivity contribution in [3.05, 3.63) is 11.4 Å². The zero-order valence-corrected chi connectivity index (χ0v) is 11.2. The van der Waals surface area contributed by atoms with Gasteiger partial charge in [0.05, 0.1) is 0 Å². The van der Waals surface area contributed by atoms with Crippen LogP contribution in [0.25, 0.3) is 0 Å². The summed E-state index contributed by atoms with van der Waals surface area (Å²) in [5.41, 5.74) is 3.60. The molecule has 1 rings (SSSR count). The maximum Gasteiger partial charge on any atom is 0.148 e. The highest BCUT2D eigenvalue weighted by molar-refractivity contribution is 5.57. The van der Waals surface area contributed by atoms with Gasteiger partial charge in [-0.15, -0.1) is 0 Å². The Kier molecular flexibility index (Phi) is 5.15. The van der Waals surface area contributed by atoms with Crippen LogP contribution in [0.5, 0.6) is 0 Å². The van der Waals surface area contributed by atoms with Crippen LogP contribution in [-0.4, -0.2) is 16.0 Å². The van der Waals surface area contributed by atoms with Crippen molar-refractivity contribution >= 4 is 11.6 Å². The van der Waals surface area contributed by atoms with Gasteiger partial charge in [0.2, 0.25) is 0 Å². The highest BCUT2D eigenvalue weighted by Gasteiger charge is 2.12. The van der Waals surface area contributed by atoms with Crippen molar-refractivity contribution in [3.63, 3.8) is 0 Å². The lowest BCUT2D eigenvalue weighted by Gasteiger charge is -2.18. The zero-order chi connectivity index (χ0) is 12.8. The van der Waals surface area contributed by atoms with Crippen LogP contribution in [0.3, 0.4) is 0 Å². The smallest absolute Gasteiger partial charge is 0.148 e. The fraction of sp³-hybridized carbons (Fsp3) is 0.667. The van der Waals surface area contributed by atoms with E-state index in [4.69, 9.17) is 5.84 Å². The molecule has 0 saturated carbocycles. The molecule has 5 nitrogen and oxygen atoms in total. The molecule has 0 amide bonds. The Morgan fingerprint density at radius 1 is 1.12 bits per heavy atom. The second kappa shape index (κ2) is 6.39. The van der Waals surface area contributed by atoms with E-state index in [0.29, 0.717) is 11.9 Å². The third-order valence-electron chi connectivity index (χ3n) is 2.97. The fourth-order valence-corrected chi connectivity index (χ4v) is 1.69. The third kappa shape index (κ3) is 3.30. The summed E-state index contributed by atoms with van der Waals surface area (Å²) in [6.07, 6.45) is 2.95. The van der Waals surface area contributed by atoms with E-state index in [9.17, 15) is 0 Å². The Bertz CT molecular complexity index is 360. The molecule has 0 bridgehead atoms. The maximum absolute atomic E-state index is 5.47. The fourth-order valence-electron chi connectivity index (χ4n) is 1.69. The van der Waals surface area contributed by atoms with E-state index in [1.54, 1.807) is 0 Å². The van der Waals surface area contributed by atoms with Crippen LogP contribution in [0.1, 0.15) is 45.0 Å². The molecule has 96 valence electrons. The molecule has 0 aliphatic heterocycles. The van der Waals surface area contributed by atoms with E-state index in [1.807, 2.05) is 13.8 Å². The van der Waals surface area contributed by atoms with Gasteiger partial charge in [0.15, 0.2) is 0 Å². The normalized spacial score (nSPS) is 10.7. The van der Waals surface area contributed by atoms with Crippen molar-refractivity contribution in [2.75, 3.05) is 10.7 Å². The summed E-state index contributed by atoms with van der Waals surface area (Å²) >= 11 is 0. The van der Waals surface area contributed by atoms with Gasteiger partial charge >= 0.3 is 0 Å². The first-order valence-electron chi connectivity index (χ1n) is 6.26. The van der Waals surface area contributed by atoms with Crippen molar-refractivity contribution in [1.82, 2.24) is 9.97 Å². The first kappa shape index (κ1) is 13.7. The van der Waals surface area contributed by atoms with Gasteiger partial charge in [-0.2, -0.15) is 0 Å². The highest BCUT2D eigenvalue weighted by atomic mass is 15.3. The van der Waals surface area contributed by atoms with Crippen molar-refractivity contribution in [1.29, 1.82) is 0 Å². The second-order valence-corrected chi connectivity index (χ2v) is 4.12. The summed E-state index contributed by atoms with van der Waals surface area (Å²) < 4.78 is 0. The highest BCUT2D eigenvalue weighted by Crippen LogP contribution is 2.21. The number of hydrogen-bond donors (Lipinski definition) is 3. The number of hydrazine groups is 1. The first-order valence-corrected chi connectivity index (χ1v) is 6.26. The van der Waals surface area contributed by atoms with Gasteiger partial charge in [0.1, 0.15) is 17.5 Å². The number of aryl methyl sites for hydroxylation is 1. The van der Waals surface area contributed by atoms with Crippen molar-refractivity contribution in [2.24, 2.45) is 5.84 Å². The van der Waals surface area contributed by atoms with Gasteiger partial charge in [0, 0.05) is 18.0 Å². The Balaban J connectivity index is 3.04. The van der Waals surface area contributed by atoms with E-state index >= 15 is 0 Å². The van der Waals surface area contributed by atoms with Gasteiger partial charge < -0.3 is 10.7 Å². The van der Waals surface area contributed by atoms with Gasteiger partial charge in [-0.3, -0.25) is 0 Å². The SMILES string of the molecule is CCc1nc(NN)c(C)c(NC(CC)CC)n1. The standard InChI is InChI=1S/C12H23N5/c1-5-9(6-2)14-11-8(4)12(17-13)16-10(7-3)15-11/h9H,5-7,13H2,1-4H3,(H2,14,15,16,17). The number of nitrogens with one attached hydrogen (secondary N) is 2. The molecule has 17 heavy (non-hydrogen) atoms. The summed E-state index contributed by atoms with van der Waals surface area (Å²) in [7, 11) is 0. The van der Waals surface area contributed by atoms with Crippen LogP contribution in [0.4, 0.5) is 11.6 Å². The molecular weight excluding hydrogens is 214 g/mol. The summed E-state index contributed by atoms with van der Waals surface area (Å²) in [6, 6.07) is 0.443. The predicted molar refractivity (Wildman–Crippen MR) is 71.9 cm³/mol. The summed E-state index contributed by atoms with van der Waals surface area (Å²) in [5, 5.41) is 3.45. The van der Waals surface area contributed by atoms with Gasteiger partial charge in [-0.25, -0.2) is 15.8 Å². The first-order chi connectivity index (χ1) is 8.15. The second-order valence-electron chi connectivity index (χ2n) is 4.12. The Morgan fingerprint density at radius 2 is 1.71 bits per heavy atom. The molecule has 0 aromatic carbocycles. The quantitative estimate of drug-likeness (QED) is 0.522. The molecule has 0 atom stereocenters. The number of anilines is 2. The van der Waals surface area contributed by atoms with E-state index in [2.05, 4.69) is 34.6 Å². The van der Waals surface area contributed by atoms with Crippen molar-refractivity contribution < 1.29 is 0 Å². The van der Waals surface area contributed by atoms with Gasteiger partial charge in [-0.05, 0) is 19.8 Å². The minimum Gasteiger partial charge on any atom is -0.367 e. The minimum absolute atomic E-state index is 0.443. The summed E-state index contributed by atoms with van der Waals surface area (Å²) in [6.45, 7) is 8.34. The molecule has 0 radical (unpaired) electrons. The van der Waals surface area contributed by atoms with Crippen LogP contribution < -0.4 is 16.6 Å². The van der Waals surface area contributed by atoms with Crippen LogP contribution >= 0.6 is 0 Å². The van der Waals surface area contributed by atoms with Crippen molar-refractivity contribution in [2.45, 2.75) is 53.0 Å². The number of nitrogens with zero attached hydrogens (tertiary/aromatic N) is 2. The molecule has 0 spiro atoms. The van der Waals surface area contributed by atoms with Crippen LogP contribution in [0.15, 0.2) is 0 Å². The molecule has 5 heteroatoms. The van der Waals surface area contributed by atoms with E-state index in [0.717, 1.165) is 36.5 Å². The average Bonchev–Trinajstić information content (AvgIpc) is 2.37. The maximum atomic E-state index is 5.47. The number of rotatable bonds is 6. The van der Waals surface area contributed by atoms with Crippen LogP contribution in [0, 0.1) is 6.92 Å². The topological polar surface area (TPSA) is 75.9 Å². The largest absolute Gasteiger partial charge is 0.367 e. The monoisotopic (exact) mass is 237 g/mol. The molecule has 4 N–H and O–H groups in total. The Hall–Kier alpha value is -1.36. The molecule has 1 heterocycles. The number of nitrogen functional groups attached to an aromatic ring is 1.